The largest absolute Gasteiger partial charge is 0.481 e. The van der Waals surface area contributed by atoms with E-state index < -0.39 is 5.54 Å². The molecular weight excluding hydrogens is 292 g/mol. The van der Waals surface area contributed by atoms with E-state index in [2.05, 4.69) is 20.5 Å². The molecule has 0 spiro atoms. The number of aromatic nitrogens is 1. The average molecular weight is 308 g/mol. The third-order valence-corrected chi connectivity index (χ3v) is 4.30. The van der Waals surface area contributed by atoms with Crippen LogP contribution in [0.1, 0.15) is 25.8 Å². The third-order valence-electron chi connectivity index (χ3n) is 4.30. The number of nitrogens with zero attached hydrogens (tertiary/aromatic N) is 3. The molecule has 1 amide bonds. The fraction of sp³-hybridized carbons (Fsp3) is 0.294. The summed E-state index contributed by atoms with van der Waals surface area (Å²) in [4.78, 5) is 16.8. The summed E-state index contributed by atoms with van der Waals surface area (Å²) >= 11 is 0. The van der Waals surface area contributed by atoms with Crippen molar-refractivity contribution in [1.29, 1.82) is 0 Å². The summed E-state index contributed by atoms with van der Waals surface area (Å²) < 4.78 is 5.06. The Hall–Kier alpha value is -2.76. The zero-order chi connectivity index (χ0) is 16.2. The predicted molar refractivity (Wildman–Crippen MR) is 83.6 cm³/mol. The first kappa shape index (κ1) is 13.9. The Labute approximate surface area is 133 Å². The highest BCUT2D eigenvalue weighted by atomic mass is 16.5. The molecule has 6 nitrogen and oxygen atoms in total. The van der Waals surface area contributed by atoms with Crippen LogP contribution in [0.25, 0.3) is 0 Å². The topological polar surface area (TPSA) is 75.9 Å². The molecule has 1 fully saturated rings. The molecule has 1 aliphatic heterocycles. The van der Waals surface area contributed by atoms with Crippen LogP contribution in [-0.4, -0.2) is 18.0 Å². The molecule has 0 aromatic carbocycles. The molecule has 1 aromatic heterocycles. The van der Waals surface area contributed by atoms with Crippen molar-refractivity contribution in [1.82, 2.24) is 10.3 Å². The Kier molecular flexibility index (Phi) is 2.78. The van der Waals surface area contributed by atoms with Crippen molar-refractivity contribution in [3.8, 4) is 5.88 Å². The van der Waals surface area contributed by atoms with Crippen LogP contribution < -0.4 is 10.1 Å². The van der Waals surface area contributed by atoms with Gasteiger partial charge in [0.25, 0.3) is 5.91 Å². The molecule has 4 rings (SSSR count). The number of ether oxygens (including phenoxy) is 1. The zero-order valence-corrected chi connectivity index (χ0v) is 13.2. The summed E-state index contributed by atoms with van der Waals surface area (Å²) in [6, 6.07) is 3.66. The second kappa shape index (κ2) is 4.62. The molecule has 0 bridgehead atoms. The van der Waals surface area contributed by atoms with Crippen LogP contribution in [0, 0.1) is 0 Å². The molecule has 0 atom stereocenters. The second-order valence-electron chi connectivity index (χ2n) is 6.30. The standard InChI is InChI=1S/C17H16N4O2/c1-17(2,10-4-5-13(23-3)18-8-10)19-16(22)15-12-7-9-6-11(9)14(12)20-21-15/h4-5,7-8H,6H2,1-3H3,(H,19,22). The molecule has 2 aliphatic carbocycles. The van der Waals surface area contributed by atoms with Gasteiger partial charge in [0.15, 0.2) is 5.70 Å². The van der Waals surface area contributed by atoms with Crippen molar-refractivity contribution in [2.24, 2.45) is 10.2 Å². The van der Waals surface area contributed by atoms with Gasteiger partial charge in [0.2, 0.25) is 5.88 Å². The number of carbonyl (C=O) groups is 1. The van der Waals surface area contributed by atoms with Crippen LogP contribution in [0.4, 0.5) is 0 Å². The van der Waals surface area contributed by atoms with Gasteiger partial charge < -0.3 is 10.1 Å². The van der Waals surface area contributed by atoms with E-state index in [0.29, 0.717) is 11.6 Å². The monoisotopic (exact) mass is 308 g/mol. The fourth-order valence-electron chi connectivity index (χ4n) is 2.83. The number of fused-ring (bicyclic) bond motifs is 2. The number of azo groups is 1. The minimum atomic E-state index is -0.579. The van der Waals surface area contributed by atoms with Crippen LogP contribution in [0.3, 0.4) is 0 Å². The highest BCUT2D eigenvalue weighted by molar-refractivity contribution is 5.97. The molecule has 0 radical (unpaired) electrons. The van der Waals surface area contributed by atoms with E-state index >= 15 is 0 Å². The number of rotatable bonds is 4. The lowest BCUT2D eigenvalue weighted by molar-refractivity contribution is -0.119. The first-order valence-corrected chi connectivity index (χ1v) is 7.43. The molecule has 1 saturated carbocycles. The summed E-state index contributed by atoms with van der Waals surface area (Å²) in [6.45, 7) is 3.85. The molecule has 6 heteroatoms. The molecule has 23 heavy (non-hydrogen) atoms. The van der Waals surface area contributed by atoms with E-state index in [0.717, 1.165) is 23.3 Å². The van der Waals surface area contributed by atoms with Gasteiger partial charge in [-0.1, -0.05) is 0 Å². The highest BCUT2D eigenvalue weighted by Crippen LogP contribution is 2.51. The lowest BCUT2D eigenvalue weighted by atomic mass is 9.95. The van der Waals surface area contributed by atoms with Gasteiger partial charge in [0.1, 0.15) is 0 Å². The van der Waals surface area contributed by atoms with Crippen molar-refractivity contribution in [3.05, 3.63) is 58.1 Å². The van der Waals surface area contributed by atoms with Crippen LogP contribution >= 0.6 is 0 Å². The van der Waals surface area contributed by atoms with E-state index in [1.165, 1.54) is 11.1 Å². The number of nitrogens with one attached hydrogen (secondary N) is 1. The Balaban J connectivity index is 1.56. The van der Waals surface area contributed by atoms with E-state index in [1.807, 2.05) is 26.0 Å². The summed E-state index contributed by atoms with van der Waals surface area (Å²) in [6.07, 6.45) is 4.70. The predicted octanol–water partition coefficient (Wildman–Crippen LogP) is 2.76. The molecule has 1 aromatic rings. The Morgan fingerprint density at radius 2 is 2.13 bits per heavy atom. The normalized spacial score (nSPS) is 18.0. The lowest BCUT2D eigenvalue weighted by Gasteiger charge is -2.26. The van der Waals surface area contributed by atoms with Gasteiger partial charge in [-0.15, -0.1) is 10.2 Å². The minimum Gasteiger partial charge on any atom is -0.481 e. The van der Waals surface area contributed by atoms with Gasteiger partial charge in [-0.2, -0.15) is 0 Å². The Morgan fingerprint density at radius 3 is 2.83 bits per heavy atom. The van der Waals surface area contributed by atoms with E-state index in [4.69, 9.17) is 4.74 Å². The SMILES string of the molecule is COc1ccc(C(C)(C)NC(=O)C2=C3C=C4CC4=C3N=N2)cn1. The van der Waals surface area contributed by atoms with Gasteiger partial charge in [-0.05, 0) is 42.7 Å². The molecule has 0 saturated heterocycles. The number of methoxy groups -OCH3 is 1. The maximum absolute atomic E-state index is 12.6. The summed E-state index contributed by atoms with van der Waals surface area (Å²) in [5.74, 6) is 0.316. The maximum atomic E-state index is 12.6. The van der Waals surface area contributed by atoms with Crippen molar-refractivity contribution in [2.75, 3.05) is 7.11 Å². The summed E-state index contributed by atoms with van der Waals surface area (Å²) in [5.41, 5.74) is 4.92. The molecular formula is C17H16N4O2. The van der Waals surface area contributed by atoms with Crippen molar-refractivity contribution < 1.29 is 9.53 Å². The van der Waals surface area contributed by atoms with Gasteiger partial charge in [0.05, 0.1) is 18.3 Å². The smallest absolute Gasteiger partial charge is 0.273 e. The number of amides is 1. The third kappa shape index (κ3) is 2.18. The number of pyridine rings is 1. The van der Waals surface area contributed by atoms with Gasteiger partial charge in [0, 0.05) is 24.3 Å². The molecule has 0 unspecified atom stereocenters. The molecule has 3 aliphatic rings. The highest BCUT2D eigenvalue weighted by Gasteiger charge is 2.39. The number of allylic oxidation sites excluding steroid dienone is 3. The lowest BCUT2D eigenvalue weighted by Crippen LogP contribution is -2.41. The number of carbonyl (C=O) groups excluding carboxylic acids is 1. The Bertz CT molecular complexity index is 842. The summed E-state index contributed by atoms with van der Waals surface area (Å²) in [5, 5.41) is 11.2. The molecule has 1 N–H and O–H groups in total. The van der Waals surface area contributed by atoms with Crippen molar-refractivity contribution >= 4 is 5.91 Å². The van der Waals surface area contributed by atoms with Crippen molar-refractivity contribution in [2.45, 2.75) is 25.8 Å². The Morgan fingerprint density at radius 1 is 1.30 bits per heavy atom. The van der Waals surface area contributed by atoms with Crippen LogP contribution in [-0.2, 0) is 10.3 Å². The maximum Gasteiger partial charge on any atom is 0.273 e. The number of hydrogen-bond acceptors (Lipinski definition) is 5. The van der Waals surface area contributed by atoms with Crippen molar-refractivity contribution in [3.63, 3.8) is 0 Å². The first-order valence-electron chi connectivity index (χ1n) is 7.43. The second-order valence-corrected chi connectivity index (χ2v) is 6.30. The minimum absolute atomic E-state index is 0.224. The van der Waals surface area contributed by atoms with E-state index in [-0.39, 0.29) is 5.91 Å². The van der Waals surface area contributed by atoms with Crippen LogP contribution in [0.2, 0.25) is 0 Å². The molecule has 116 valence electrons. The van der Waals surface area contributed by atoms with Crippen LogP contribution in [0.5, 0.6) is 5.88 Å². The average Bonchev–Trinajstić information content (AvgIpc) is 3.01. The van der Waals surface area contributed by atoms with Gasteiger partial charge >= 0.3 is 0 Å². The van der Waals surface area contributed by atoms with E-state index in [1.54, 1.807) is 19.4 Å². The first-order chi connectivity index (χ1) is 11.0. The van der Waals surface area contributed by atoms with Crippen LogP contribution in [0.15, 0.2) is 62.7 Å². The van der Waals surface area contributed by atoms with E-state index in [9.17, 15) is 4.79 Å². The van der Waals surface area contributed by atoms with Gasteiger partial charge in [-0.25, -0.2) is 4.98 Å². The van der Waals surface area contributed by atoms with Gasteiger partial charge in [-0.3, -0.25) is 4.79 Å². The zero-order valence-electron chi connectivity index (χ0n) is 13.2. The fourth-order valence-corrected chi connectivity index (χ4v) is 2.83. The quantitative estimate of drug-likeness (QED) is 0.929. The number of hydrogen-bond donors (Lipinski definition) is 1. The molecule has 2 heterocycles. The summed E-state index contributed by atoms with van der Waals surface area (Å²) in [7, 11) is 1.57.